The Morgan fingerprint density at radius 2 is 2.28 bits per heavy atom. The Kier molecular flexibility index (Phi) is 4.24. The van der Waals surface area contributed by atoms with Crippen LogP contribution in [0.15, 0.2) is 33.5 Å². The molecule has 2 aromatic rings. The number of halogens is 1. The van der Waals surface area contributed by atoms with Crippen LogP contribution in [0.4, 0.5) is 0 Å². The Bertz CT molecular complexity index is 490. The molecule has 0 spiro atoms. The van der Waals surface area contributed by atoms with Crippen LogP contribution in [0.5, 0.6) is 0 Å². The maximum absolute atomic E-state index is 6.26. The molecular weight excluding hydrogens is 294 g/mol. The predicted molar refractivity (Wildman–Crippen MR) is 74.3 cm³/mol. The van der Waals surface area contributed by atoms with Crippen molar-refractivity contribution in [3.8, 4) is 0 Å². The number of hydrogen-bond acceptors (Lipinski definition) is 3. The second kappa shape index (κ2) is 5.71. The largest absolute Gasteiger partial charge is 0.469 e. The molecule has 0 bridgehead atoms. The summed E-state index contributed by atoms with van der Waals surface area (Å²) in [5.74, 6) is 0.970. The average Bonchev–Trinajstić information content (AvgIpc) is 2.94. The summed E-state index contributed by atoms with van der Waals surface area (Å²) in [6.07, 6.45) is 5.17. The number of hydrogen-bond donors (Lipinski definition) is 1. The highest BCUT2D eigenvalue weighted by Crippen LogP contribution is 2.27. The van der Waals surface area contributed by atoms with E-state index in [2.05, 4.69) is 34.9 Å². The van der Waals surface area contributed by atoms with E-state index in [9.17, 15) is 0 Å². The molecule has 98 valence electrons. The van der Waals surface area contributed by atoms with Gasteiger partial charge in [0.25, 0.3) is 0 Å². The van der Waals surface area contributed by atoms with Crippen molar-refractivity contribution in [3.63, 3.8) is 0 Å². The molecular formula is C13H18BrN3O. The van der Waals surface area contributed by atoms with Crippen molar-refractivity contribution in [2.24, 2.45) is 5.73 Å². The van der Waals surface area contributed by atoms with Gasteiger partial charge in [-0.3, -0.25) is 4.68 Å². The minimum Gasteiger partial charge on any atom is -0.469 e. The van der Waals surface area contributed by atoms with Crippen LogP contribution in [0.2, 0.25) is 0 Å². The number of nitrogens with two attached hydrogens (primary N) is 1. The maximum Gasteiger partial charge on any atom is 0.103 e. The molecule has 1 atom stereocenters. The van der Waals surface area contributed by atoms with Crippen molar-refractivity contribution >= 4 is 15.9 Å². The molecule has 2 heterocycles. The Balaban J connectivity index is 2.08. The van der Waals surface area contributed by atoms with E-state index in [1.54, 1.807) is 6.26 Å². The second-order valence-corrected chi connectivity index (χ2v) is 5.49. The Morgan fingerprint density at radius 3 is 2.89 bits per heavy atom. The van der Waals surface area contributed by atoms with Crippen molar-refractivity contribution in [2.75, 3.05) is 0 Å². The van der Waals surface area contributed by atoms with Crippen LogP contribution < -0.4 is 5.73 Å². The van der Waals surface area contributed by atoms with Crippen LogP contribution in [0.25, 0.3) is 0 Å². The predicted octanol–water partition coefficient (Wildman–Crippen LogP) is 3.45. The van der Waals surface area contributed by atoms with Crippen LogP contribution in [0, 0.1) is 0 Å². The van der Waals surface area contributed by atoms with Gasteiger partial charge in [0.2, 0.25) is 0 Å². The maximum atomic E-state index is 6.26. The Hall–Kier alpha value is -1.07. The molecule has 2 N–H and O–H groups in total. The number of furan rings is 1. The topological polar surface area (TPSA) is 57.0 Å². The van der Waals surface area contributed by atoms with E-state index >= 15 is 0 Å². The van der Waals surface area contributed by atoms with E-state index in [-0.39, 0.29) is 6.04 Å². The summed E-state index contributed by atoms with van der Waals surface area (Å²) in [6, 6.07) is 4.13. The zero-order valence-electron chi connectivity index (χ0n) is 10.6. The van der Waals surface area contributed by atoms with Gasteiger partial charge in [-0.25, -0.2) is 0 Å². The quantitative estimate of drug-likeness (QED) is 0.920. The fourth-order valence-electron chi connectivity index (χ4n) is 2.00. The average molecular weight is 312 g/mol. The number of aryl methyl sites for hydroxylation is 1. The fourth-order valence-corrected chi connectivity index (χ4v) is 2.57. The number of nitrogens with zero attached hydrogens (tertiary/aromatic N) is 2. The molecule has 0 fully saturated rings. The summed E-state index contributed by atoms with van der Waals surface area (Å²) in [4.78, 5) is 0. The summed E-state index contributed by atoms with van der Waals surface area (Å²) >= 11 is 3.52. The van der Waals surface area contributed by atoms with Gasteiger partial charge in [-0.15, -0.1) is 0 Å². The molecule has 0 aliphatic rings. The summed E-state index contributed by atoms with van der Waals surface area (Å²) in [7, 11) is 0. The van der Waals surface area contributed by atoms with Gasteiger partial charge >= 0.3 is 0 Å². The van der Waals surface area contributed by atoms with Gasteiger partial charge in [0.1, 0.15) is 5.76 Å². The van der Waals surface area contributed by atoms with Crippen LogP contribution >= 0.6 is 15.9 Å². The van der Waals surface area contributed by atoms with E-state index in [0.29, 0.717) is 6.04 Å². The molecule has 0 radical (unpaired) electrons. The number of rotatable bonds is 5. The van der Waals surface area contributed by atoms with E-state index < -0.39 is 0 Å². The van der Waals surface area contributed by atoms with E-state index in [4.69, 9.17) is 10.2 Å². The molecule has 0 saturated heterocycles. The standard InChI is InChI=1S/C13H18BrN3O/c1-9(2)17-13(11(14)8-16-17)12(15)6-5-10-4-3-7-18-10/h3-4,7-9,12H,5-6,15H2,1-2H3. The molecule has 1 unspecified atom stereocenters. The highest BCUT2D eigenvalue weighted by Gasteiger charge is 2.18. The molecule has 0 saturated carbocycles. The van der Waals surface area contributed by atoms with Crippen molar-refractivity contribution in [2.45, 2.75) is 38.8 Å². The first-order chi connectivity index (χ1) is 8.59. The molecule has 18 heavy (non-hydrogen) atoms. The van der Waals surface area contributed by atoms with Gasteiger partial charge in [-0.05, 0) is 48.3 Å². The summed E-state index contributed by atoms with van der Waals surface area (Å²) in [6.45, 7) is 4.20. The first-order valence-electron chi connectivity index (χ1n) is 6.10. The first kappa shape index (κ1) is 13.4. The van der Waals surface area contributed by atoms with Crippen LogP contribution in [-0.4, -0.2) is 9.78 Å². The van der Waals surface area contributed by atoms with Gasteiger partial charge < -0.3 is 10.2 Å². The Morgan fingerprint density at radius 1 is 1.50 bits per heavy atom. The molecule has 2 rings (SSSR count). The molecule has 5 heteroatoms. The van der Waals surface area contributed by atoms with Crippen molar-refractivity contribution in [1.29, 1.82) is 0 Å². The van der Waals surface area contributed by atoms with Crippen LogP contribution in [-0.2, 0) is 6.42 Å². The van der Waals surface area contributed by atoms with Crippen LogP contribution in [0.3, 0.4) is 0 Å². The third kappa shape index (κ3) is 2.84. The molecule has 2 aromatic heterocycles. The third-order valence-corrected chi connectivity index (χ3v) is 3.52. The van der Waals surface area contributed by atoms with Crippen LogP contribution in [0.1, 0.15) is 43.8 Å². The van der Waals surface area contributed by atoms with Gasteiger partial charge in [-0.1, -0.05) is 0 Å². The summed E-state index contributed by atoms with van der Waals surface area (Å²) in [5, 5.41) is 4.35. The smallest absolute Gasteiger partial charge is 0.103 e. The molecule has 0 aliphatic heterocycles. The van der Waals surface area contributed by atoms with Gasteiger partial charge in [0, 0.05) is 18.5 Å². The Labute approximate surface area is 115 Å². The first-order valence-corrected chi connectivity index (χ1v) is 6.89. The number of aromatic nitrogens is 2. The monoisotopic (exact) mass is 311 g/mol. The summed E-state index contributed by atoms with van der Waals surface area (Å²) in [5.41, 5.74) is 7.32. The zero-order valence-corrected chi connectivity index (χ0v) is 12.2. The molecule has 0 aliphatic carbocycles. The van der Waals surface area contributed by atoms with Crippen molar-refractivity contribution in [3.05, 3.63) is 40.5 Å². The SMILES string of the molecule is CC(C)n1ncc(Br)c1C(N)CCc1ccco1. The van der Waals surface area contributed by atoms with Crippen molar-refractivity contribution in [1.82, 2.24) is 9.78 Å². The highest BCUT2D eigenvalue weighted by molar-refractivity contribution is 9.10. The lowest BCUT2D eigenvalue weighted by Crippen LogP contribution is -2.18. The fraction of sp³-hybridized carbons (Fsp3) is 0.462. The van der Waals surface area contributed by atoms with E-state index in [1.807, 2.05) is 23.0 Å². The lowest BCUT2D eigenvalue weighted by Gasteiger charge is -2.17. The highest BCUT2D eigenvalue weighted by atomic mass is 79.9. The zero-order chi connectivity index (χ0) is 13.1. The minimum atomic E-state index is -0.0469. The summed E-state index contributed by atoms with van der Waals surface area (Å²) < 4.78 is 8.26. The normalized spacial score (nSPS) is 13.2. The second-order valence-electron chi connectivity index (χ2n) is 4.64. The van der Waals surface area contributed by atoms with Gasteiger partial charge in [0.05, 0.1) is 22.6 Å². The molecule has 0 amide bonds. The van der Waals surface area contributed by atoms with Crippen molar-refractivity contribution < 1.29 is 4.42 Å². The van der Waals surface area contributed by atoms with E-state index in [0.717, 1.165) is 28.8 Å². The van der Waals surface area contributed by atoms with E-state index in [1.165, 1.54) is 0 Å². The molecule has 4 nitrogen and oxygen atoms in total. The minimum absolute atomic E-state index is 0.0469. The molecule has 0 aromatic carbocycles. The third-order valence-electron chi connectivity index (χ3n) is 2.91. The lowest BCUT2D eigenvalue weighted by atomic mass is 10.1. The lowest BCUT2D eigenvalue weighted by molar-refractivity contribution is 0.455. The van der Waals surface area contributed by atoms with Gasteiger partial charge in [0.15, 0.2) is 0 Å². The van der Waals surface area contributed by atoms with Gasteiger partial charge in [-0.2, -0.15) is 5.10 Å².